The maximum absolute atomic E-state index is 15.6. The Bertz CT molecular complexity index is 3590. The first kappa shape index (κ1) is 54.3. The molecule has 6 N–H and O–H groups in total. The van der Waals surface area contributed by atoms with Gasteiger partial charge in [0.2, 0.25) is 23.6 Å². The molecule has 0 unspecified atom stereocenters. The molecule has 20 heteroatoms. The molecule has 0 bridgehead atoms. The third-order valence-corrected chi connectivity index (χ3v) is 16.4. The fourth-order valence-corrected chi connectivity index (χ4v) is 12.0. The number of esters is 1. The third kappa shape index (κ3) is 10.7. The lowest BCUT2D eigenvalue weighted by molar-refractivity contribution is -0.172. The van der Waals surface area contributed by atoms with Crippen molar-refractivity contribution in [3.05, 3.63) is 157 Å². The van der Waals surface area contributed by atoms with Crippen molar-refractivity contribution in [2.24, 2.45) is 5.92 Å². The first-order chi connectivity index (χ1) is 39.1. The van der Waals surface area contributed by atoms with E-state index in [9.17, 15) is 43.5 Å². The molecule has 4 atom stereocenters. The Kier molecular flexibility index (Phi) is 15.1. The second kappa shape index (κ2) is 22.5. The molecule has 1 fully saturated rings. The summed E-state index contributed by atoms with van der Waals surface area (Å²) in [6.45, 7) is 1.35. The number of hydrogen-bond donors (Lipinski definition) is 6. The number of nitrogens with one attached hydrogen (secondary N) is 5. The van der Waals surface area contributed by atoms with Crippen molar-refractivity contribution >= 4 is 52.4 Å². The van der Waals surface area contributed by atoms with Gasteiger partial charge in [-0.2, -0.15) is 0 Å². The lowest BCUT2D eigenvalue weighted by Crippen LogP contribution is -2.52. The minimum atomic E-state index is -2.04. The molecule has 81 heavy (non-hydrogen) atoms. The molecule has 2 aliphatic heterocycles. The predicted molar refractivity (Wildman–Crippen MR) is 292 cm³/mol. The average molecular weight is 1100 g/mol. The zero-order valence-corrected chi connectivity index (χ0v) is 44.7. The highest BCUT2D eigenvalue weighted by atomic mass is 19.1. The number of hydrogen-bond acceptors (Lipinski definition) is 13. The zero-order valence-electron chi connectivity index (χ0n) is 44.7. The number of ketones is 1. The van der Waals surface area contributed by atoms with E-state index in [1.807, 2.05) is 48.5 Å². The van der Waals surface area contributed by atoms with Gasteiger partial charge in [0, 0.05) is 41.3 Å². The van der Waals surface area contributed by atoms with Gasteiger partial charge in [0.1, 0.15) is 44.5 Å². The molecule has 2 aromatic heterocycles. The molecular weight excluding hydrogens is 1040 g/mol. The maximum Gasteiger partial charge on any atom is 0.407 e. The highest BCUT2D eigenvalue weighted by Gasteiger charge is 2.46. The van der Waals surface area contributed by atoms with Crippen LogP contribution in [0.2, 0.25) is 0 Å². The van der Waals surface area contributed by atoms with E-state index in [4.69, 9.17) is 19.2 Å². The Hall–Kier alpha value is -8.62. The van der Waals surface area contributed by atoms with E-state index in [0.29, 0.717) is 46.4 Å². The predicted octanol–water partition coefficient (Wildman–Crippen LogP) is 4.88. The molecule has 11 rings (SSSR count). The van der Waals surface area contributed by atoms with Gasteiger partial charge in [-0.15, -0.1) is 0 Å². The molecule has 4 aromatic carbocycles. The van der Waals surface area contributed by atoms with Crippen molar-refractivity contribution in [2.75, 3.05) is 33.0 Å². The van der Waals surface area contributed by atoms with Gasteiger partial charge >= 0.3 is 12.1 Å². The molecule has 0 radical (unpaired) electrons. The molecule has 19 nitrogen and oxygen atoms in total. The number of amides is 5. The van der Waals surface area contributed by atoms with E-state index in [1.54, 1.807) is 50.2 Å². The molecule has 1 saturated carbocycles. The van der Waals surface area contributed by atoms with Gasteiger partial charge in [-0.3, -0.25) is 28.8 Å². The molecule has 418 valence electrons. The Morgan fingerprint density at radius 1 is 0.827 bits per heavy atom. The summed E-state index contributed by atoms with van der Waals surface area (Å²) in [4.78, 5) is 112. The van der Waals surface area contributed by atoms with Gasteiger partial charge in [-0.05, 0) is 101 Å². The van der Waals surface area contributed by atoms with Crippen molar-refractivity contribution in [3.8, 4) is 22.5 Å². The second-order valence-electron chi connectivity index (χ2n) is 21.4. The number of ether oxygens (including phenoxy) is 3. The molecule has 5 aliphatic rings. The number of cyclic esters (lactones) is 1. The van der Waals surface area contributed by atoms with Gasteiger partial charge in [0.05, 0.1) is 42.1 Å². The molecule has 6 aromatic rings. The van der Waals surface area contributed by atoms with Crippen LogP contribution < -0.4 is 32.1 Å². The van der Waals surface area contributed by atoms with Crippen molar-refractivity contribution in [2.45, 2.75) is 102 Å². The number of aromatic nitrogens is 2. The minimum Gasteiger partial charge on any atom is -0.458 e. The Balaban J connectivity index is 0.684. The van der Waals surface area contributed by atoms with Crippen LogP contribution in [0.5, 0.6) is 0 Å². The number of halogens is 1. The number of benzene rings is 4. The van der Waals surface area contributed by atoms with Crippen LogP contribution in [0.25, 0.3) is 33.4 Å². The van der Waals surface area contributed by atoms with Crippen molar-refractivity contribution < 1.29 is 57.3 Å². The van der Waals surface area contributed by atoms with Crippen molar-refractivity contribution in [3.63, 3.8) is 0 Å². The van der Waals surface area contributed by atoms with Gasteiger partial charge in [-0.1, -0.05) is 85.8 Å². The monoisotopic (exact) mass is 1100 g/mol. The number of aryl methyl sites for hydroxylation is 1. The summed E-state index contributed by atoms with van der Waals surface area (Å²) >= 11 is 0. The Morgan fingerprint density at radius 2 is 1.51 bits per heavy atom. The van der Waals surface area contributed by atoms with Crippen LogP contribution in [-0.4, -0.2) is 101 Å². The zero-order chi connectivity index (χ0) is 56.7. The van der Waals surface area contributed by atoms with Crippen LogP contribution in [0.3, 0.4) is 0 Å². The van der Waals surface area contributed by atoms with E-state index in [2.05, 4.69) is 26.6 Å². The third-order valence-electron chi connectivity index (χ3n) is 16.4. The number of aliphatic hydroxyl groups is 1. The fourth-order valence-electron chi connectivity index (χ4n) is 12.0. The summed E-state index contributed by atoms with van der Waals surface area (Å²) in [7, 11) is 0. The fraction of sp³-hybridized carbons (Fsp3) is 0.361. The lowest BCUT2D eigenvalue weighted by Gasteiger charge is -2.31. The quantitative estimate of drug-likeness (QED) is 0.0440. The largest absolute Gasteiger partial charge is 0.458 e. The van der Waals surface area contributed by atoms with Crippen LogP contribution in [-0.2, 0) is 74.6 Å². The van der Waals surface area contributed by atoms with E-state index in [0.717, 1.165) is 51.6 Å². The van der Waals surface area contributed by atoms with Gasteiger partial charge in [-0.25, -0.2) is 19.0 Å². The van der Waals surface area contributed by atoms with Crippen molar-refractivity contribution in [1.29, 1.82) is 0 Å². The topological polar surface area (TPSA) is 262 Å². The SMILES string of the molecule is CC[C@@]1(O)C(=O)OCc2c1cc1n(c2=O)Cc2c-1nc1cc(F)c(C)c3c1c2[C@@H](CC(=O)[C@@H](OCNC(=O)CNC(=O)[C@H](Cc1ccccc1)NC(=O)CNC(=O)CNC(=O)OCC1c2ccccc2-c2ccccc21)C1CC1)CC3. The van der Waals surface area contributed by atoms with Crippen LogP contribution in [0, 0.1) is 18.7 Å². The number of carbonyl (C=O) groups is 7. The molecule has 0 saturated heterocycles. The average Bonchev–Trinajstić information content (AvgIpc) is 4.32. The summed E-state index contributed by atoms with van der Waals surface area (Å²) < 4.78 is 33.9. The summed E-state index contributed by atoms with van der Waals surface area (Å²) in [6.07, 6.45) is 0.821. The number of carbonyl (C=O) groups excluding carboxylic acids is 7. The van der Waals surface area contributed by atoms with Gasteiger partial charge < -0.3 is 50.5 Å². The number of rotatable bonds is 20. The molecular formula is C61H60FN7O12. The summed E-state index contributed by atoms with van der Waals surface area (Å²) in [5, 5.41) is 24.8. The Morgan fingerprint density at radius 3 is 2.22 bits per heavy atom. The van der Waals surface area contributed by atoms with Crippen LogP contribution in [0.4, 0.5) is 9.18 Å². The van der Waals surface area contributed by atoms with Crippen molar-refractivity contribution in [1.82, 2.24) is 36.1 Å². The Labute approximate surface area is 464 Å². The molecule has 3 aliphatic carbocycles. The highest BCUT2D eigenvalue weighted by molar-refractivity contribution is 5.96. The van der Waals surface area contributed by atoms with E-state index in [1.165, 1.54) is 10.6 Å². The normalized spacial score (nSPS) is 18.0. The number of pyridine rings is 2. The molecule has 5 amide bonds. The number of alkyl carbamates (subject to hydrolysis) is 1. The first-order valence-electron chi connectivity index (χ1n) is 27.3. The maximum atomic E-state index is 15.6. The number of fused-ring (bicyclic) bond motifs is 8. The molecule has 0 spiro atoms. The smallest absolute Gasteiger partial charge is 0.407 e. The van der Waals surface area contributed by atoms with Crippen LogP contribution in [0.1, 0.15) is 101 Å². The number of nitrogens with zero attached hydrogens (tertiary/aromatic N) is 2. The van der Waals surface area contributed by atoms with Crippen LogP contribution in [0.15, 0.2) is 95.8 Å². The first-order valence-corrected chi connectivity index (χ1v) is 27.3. The highest BCUT2D eigenvalue weighted by Crippen LogP contribution is 2.49. The summed E-state index contributed by atoms with van der Waals surface area (Å²) in [6, 6.07) is 26.5. The number of Topliss-reactive ketones (excluding diaryl/α,β-unsaturated/α-hetero) is 1. The second-order valence-corrected chi connectivity index (χ2v) is 21.4. The minimum absolute atomic E-state index is 0.0345. The standard InChI is InChI=1S/C61H60FN7O12/c1-3-61(78)44-23-48-55-41(28-69(48)58(75)43(44)30-79-59(61)76)53-35(19-20-36-32(2)45(62)24-46(68-55)54(36)53)22-49(70)56(34-17-18-34)81-31-66-51(72)25-64-57(74)47(21-33-11-5-4-6-12-33)67-52(73)27-63-50(71)26-65-60(77)80-29-42-39-15-9-7-13-37(39)38-14-8-10-16-40(38)42/h4-16,23-24,34-35,42,47,56,78H,3,17-22,25-31H2,1-2H3,(H,63,71)(H,64,74)(H,65,77)(H,66,72)(H,67,73)/t35-,47+,56+,61+/m1/s1. The van der Waals surface area contributed by atoms with Gasteiger partial charge in [0.25, 0.3) is 5.56 Å². The summed E-state index contributed by atoms with van der Waals surface area (Å²) in [5.74, 6) is -4.80. The van der Waals surface area contributed by atoms with Crippen LogP contribution >= 0.6 is 0 Å². The van der Waals surface area contributed by atoms with E-state index in [-0.39, 0.29) is 80.4 Å². The lowest BCUT2D eigenvalue weighted by atomic mass is 9.76. The van der Waals surface area contributed by atoms with Gasteiger partial charge in [0.15, 0.2) is 11.4 Å². The molecule has 4 heterocycles. The summed E-state index contributed by atoms with van der Waals surface area (Å²) in [5.41, 5.74) is 6.66. The van der Waals surface area contributed by atoms with E-state index >= 15 is 4.39 Å². The van der Waals surface area contributed by atoms with E-state index < -0.39 is 84.4 Å².